The van der Waals surface area contributed by atoms with E-state index in [1.54, 1.807) is 6.20 Å². The zero-order valence-corrected chi connectivity index (χ0v) is 10.7. The number of fused-ring (bicyclic) bond motifs is 1. The molecule has 0 aliphatic carbocycles. The van der Waals surface area contributed by atoms with Crippen molar-refractivity contribution in [3.8, 4) is 6.07 Å². The molecule has 1 aliphatic rings. The van der Waals surface area contributed by atoms with Crippen LogP contribution in [-0.4, -0.2) is 11.5 Å². The van der Waals surface area contributed by atoms with Gasteiger partial charge in [-0.15, -0.1) is 0 Å². The molecule has 0 bridgehead atoms. The highest BCUT2D eigenvalue weighted by Gasteiger charge is 2.15. The minimum Gasteiger partial charge on any atom is -0.352 e. The summed E-state index contributed by atoms with van der Waals surface area (Å²) in [5.74, 6) is 0.954. The van der Waals surface area contributed by atoms with E-state index in [4.69, 9.17) is 5.26 Å². The lowest BCUT2D eigenvalue weighted by molar-refractivity contribution is 0.754. The first kappa shape index (κ1) is 11.7. The second-order valence-corrected chi connectivity index (χ2v) is 4.81. The number of aryl methyl sites for hydroxylation is 1. The molecule has 0 atom stereocenters. The molecule has 3 heteroatoms. The number of aromatic nitrogens is 1. The Morgan fingerprint density at radius 2 is 1.95 bits per heavy atom. The highest BCUT2D eigenvalue weighted by molar-refractivity contribution is 5.44. The van der Waals surface area contributed by atoms with Crippen LogP contribution >= 0.6 is 0 Å². The van der Waals surface area contributed by atoms with Gasteiger partial charge < -0.3 is 4.90 Å². The lowest BCUT2D eigenvalue weighted by atomic mass is 10.0. The van der Waals surface area contributed by atoms with E-state index in [1.165, 1.54) is 11.1 Å². The maximum atomic E-state index is 8.81. The summed E-state index contributed by atoms with van der Waals surface area (Å²) in [6.07, 6.45) is 3.91. The van der Waals surface area contributed by atoms with Crippen LogP contribution in [0.3, 0.4) is 0 Å². The van der Waals surface area contributed by atoms with Crippen molar-refractivity contribution in [3.05, 3.63) is 59.3 Å². The molecule has 1 aromatic carbocycles. The molecule has 0 unspecified atom stereocenters. The number of nitrogens with zero attached hydrogens (tertiary/aromatic N) is 3. The molecule has 0 amide bonds. The van der Waals surface area contributed by atoms with Crippen molar-refractivity contribution in [1.29, 1.82) is 5.26 Å². The molecule has 94 valence electrons. The van der Waals surface area contributed by atoms with Gasteiger partial charge in [0.05, 0.1) is 5.56 Å². The summed E-state index contributed by atoms with van der Waals surface area (Å²) in [6.45, 7) is 1.91. The van der Waals surface area contributed by atoms with Crippen molar-refractivity contribution in [2.75, 3.05) is 11.4 Å². The second kappa shape index (κ2) is 5.11. The average Bonchev–Trinajstić information content (AvgIpc) is 2.69. The van der Waals surface area contributed by atoms with Gasteiger partial charge in [0.2, 0.25) is 0 Å². The molecule has 1 aromatic heterocycles. The van der Waals surface area contributed by atoms with Crippen molar-refractivity contribution in [2.45, 2.75) is 19.4 Å². The summed E-state index contributed by atoms with van der Waals surface area (Å²) < 4.78 is 0. The Morgan fingerprint density at radius 3 is 2.68 bits per heavy atom. The Kier molecular flexibility index (Phi) is 3.16. The molecule has 19 heavy (non-hydrogen) atoms. The normalized spacial score (nSPS) is 14.4. The predicted octanol–water partition coefficient (Wildman–Crippen LogP) is 2.91. The standard InChI is InChI=1S/C16H15N3/c17-10-13-7-8-16(18-11-13)19-9-3-6-14-4-1-2-5-15(14)12-19/h1-2,4-5,7-8,11H,3,6,9,12H2. The van der Waals surface area contributed by atoms with Gasteiger partial charge in [0.1, 0.15) is 11.9 Å². The lowest BCUT2D eigenvalue weighted by Gasteiger charge is -2.21. The van der Waals surface area contributed by atoms with Gasteiger partial charge in [-0.1, -0.05) is 24.3 Å². The number of nitriles is 1. The fourth-order valence-corrected chi connectivity index (χ4v) is 2.54. The third-order valence-electron chi connectivity index (χ3n) is 3.55. The van der Waals surface area contributed by atoms with Crippen LogP contribution in [0.2, 0.25) is 0 Å². The summed E-state index contributed by atoms with van der Waals surface area (Å²) >= 11 is 0. The Labute approximate surface area is 113 Å². The zero-order chi connectivity index (χ0) is 13.1. The van der Waals surface area contributed by atoms with Gasteiger partial charge in [-0.2, -0.15) is 5.26 Å². The second-order valence-electron chi connectivity index (χ2n) is 4.81. The summed E-state index contributed by atoms with van der Waals surface area (Å²) in [5.41, 5.74) is 3.43. The molecule has 0 radical (unpaired) electrons. The molecular weight excluding hydrogens is 234 g/mol. The number of pyridine rings is 1. The molecule has 2 heterocycles. The van der Waals surface area contributed by atoms with E-state index in [9.17, 15) is 0 Å². The van der Waals surface area contributed by atoms with Crippen molar-refractivity contribution < 1.29 is 0 Å². The predicted molar refractivity (Wildman–Crippen MR) is 74.8 cm³/mol. The first-order chi connectivity index (χ1) is 9.36. The fourth-order valence-electron chi connectivity index (χ4n) is 2.54. The highest BCUT2D eigenvalue weighted by Crippen LogP contribution is 2.22. The Bertz CT molecular complexity index is 611. The lowest BCUT2D eigenvalue weighted by Crippen LogP contribution is -2.23. The minimum atomic E-state index is 0.610. The Hall–Kier alpha value is -2.34. The summed E-state index contributed by atoms with van der Waals surface area (Å²) in [7, 11) is 0. The van der Waals surface area contributed by atoms with Crippen LogP contribution in [0.15, 0.2) is 42.6 Å². The number of hydrogen-bond acceptors (Lipinski definition) is 3. The van der Waals surface area contributed by atoms with Crippen molar-refractivity contribution in [1.82, 2.24) is 4.98 Å². The third kappa shape index (κ3) is 2.43. The van der Waals surface area contributed by atoms with Gasteiger partial charge in [-0.25, -0.2) is 4.98 Å². The smallest absolute Gasteiger partial charge is 0.128 e. The number of hydrogen-bond donors (Lipinski definition) is 0. The summed E-state index contributed by atoms with van der Waals surface area (Å²) in [6, 6.07) is 14.5. The monoisotopic (exact) mass is 249 g/mol. The van der Waals surface area contributed by atoms with Gasteiger partial charge >= 0.3 is 0 Å². The molecule has 0 N–H and O–H groups in total. The first-order valence-corrected chi connectivity index (χ1v) is 6.55. The van der Waals surface area contributed by atoms with E-state index in [2.05, 4.69) is 40.2 Å². The molecule has 0 saturated carbocycles. The van der Waals surface area contributed by atoms with Crippen LogP contribution in [-0.2, 0) is 13.0 Å². The largest absolute Gasteiger partial charge is 0.352 e. The maximum absolute atomic E-state index is 8.81. The van der Waals surface area contributed by atoms with Crippen LogP contribution < -0.4 is 4.90 Å². The molecule has 0 saturated heterocycles. The Morgan fingerprint density at radius 1 is 1.11 bits per heavy atom. The van der Waals surface area contributed by atoms with Crippen molar-refractivity contribution in [3.63, 3.8) is 0 Å². The van der Waals surface area contributed by atoms with Crippen LogP contribution in [0.4, 0.5) is 5.82 Å². The number of anilines is 1. The van der Waals surface area contributed by atoms with Crippen LogP contribution in [0, 0.1) is 11.3 Å². The van der Waals surface area contributed by atoms with Crippen LogP contribution in [0.25, 0.3) is 0 Å². The zero-order valence-electron chi connectivity index (χ0n) is 10.7. The van der Waals surface area contributed by atoms with E-state index < -0.39 is 0 Å². The molecular formula is C16H15N3. The van der Waals surface area contributed by atoms with E-state index in [-0.39, 0.29) is 0 Å². The number of benzene rings is 1. The molecule has 0 spiro atoms. The van der Waals surface area contributed by atoms with Crippen molar-refractivity contribution in [2.24, 2.45) is 0 Å². The van der Waals surface area contributed by atoms with Gasteiger partial charge in [0.25, 0.3) is 0 Å². The minimum absolute atomic E-state index is 0.610. The average molecular weight is 249 g/mol. The van der Waals surface area contributed by atoms with E-state index >= 15 is 0 Å². The van der Waals surface area contributed by atoms with E-state index in [0.29, 0.717) is 5.56 Å². The van der Waals surface area contributed by atoms with Crippen molar-refractivity contribution >= 4 is 5.82 Å². The first-order valence-electron chi connectivity index (χ1n) is 6.55. The quantitative estimate of drug-likeness (QED) is 0.780. The topological polar surface area (TPSA) is 39.9 Å². The van der Waals surface area contributed by atoms with Crippen LogP contribution in [0.5, 0.6) is 0 Å². The van der Waals surface area contributed by atoms with Gasteiger partial charge in [0.15, 0.2) is 0 Å². The molecule has 1 aliphatic heterocycles. The van der Waals surface area contributed by atoms with E-state index in [1.807, 2.05) is 12.1 Å². The number of rotatable bonds is 1. The van der Waals surface area contributed by atoms with E-state index in [0.717, 1.165) is 31.7 Å². The maximum Gasteiger partial charge on any atom is 0.128 e. The SMILES string of the molecule is N#Cc1ccc(N2CCCc3ccccc3C2)nc1. The van der Waals surface area contributed by atoms with Gasteiger partial charge in [-0.05, 0) is 36.1 Å². The third-order valence-corrected chi connectivity index (χ3v) is 3.55. The molecule has 0 fully saturated rings. The van der Waals surface area contributed by atoms with Crippen LogP contribution in [0.1, 0.15) is 23.1 Å². The molecule has 3 nitrogen and oxygen atoms in total. The highest BCUT2D eigenvalue weighted by atomic mass is 15.2. The summed E-state index contributed by atoms with van der Waals surface area (Å²) in [4.78, 5) is 6.68. The fraction of sp³-hybridized carbons (Fsp3) is 0.250. The molecule has 3 rings (SSSR count). The van der Waals surface area contributed by atoms with Gasteiger partial charge in [-0.3, -0.25) is 0 Å². The van der Waals surface area contributed by atoms with Gasteiger partial charge in [0, 0.05) is 19.3 Å². The Balaban J connectivity index is 1.88. The molecule has 2 aromatic rings. The summed E-state index contributed by atoms with van der Waals surface area (Å²) in [5, 5.41) is 8.81.